The summed E-state index contributed by atoms with van der Waals surface area (Å²) >= 11 is 0. The Balaban J connectivity index is 3.50. The van der Waals surface area contributed by atoms with Crippen LogP contribution in [0.15, 0.2) is 23.3 Å². The van der Waals surface area contributed by atoms with E-state index in [2.05, 4.69) is 19.9 Å². The van der Waals surface area contributed by atoms with Gasteiger partial charge in [-0.2, -0.15) is 0 Å². The zero-order valence-corrected chi connectivity index (χ0v) is 15.0. The van der Waals surface area contributed by atoms with Gasteiger partial charge in [-0.1, -0.05) is 75.5 Å². The van der Waals surface area contributed by atoms with E-state index in [1.54, 1.807) is 0 Å². The van der Waals surface area contributed by atoms with Crippen LogP contribution in [0.25, 0.3) is 0 Å². The molecular formula is C20H36O2. The van der Waals surface area contributed by atoms with Crippen LogP contribution in [0, 0.1) is 0 Å². The topological polar surface area (TPSA) is 37.3 Å². The lowest BCUT2D eigenvalue weighted by Crippen LogP contribution is -1.90. The van der Waals surface area contributed by atoms with Gasteiger partial charge in [-0.3, -0.25) is 0 Å². The number of allylic oxidation sites excluding steroid dienone is 3. The summed E-state index contributed by atoms with van der Waals surface area (Å²) in [5, 5.41) is 8.65. The molecule has 1 N–H and O–H groups in total. The van der Waals surface area contributed by atoms with Gasteiger partial charge < -0.3 is 5.11 Å². The van der Waals surface area contributed by atoms with Crippen molar-refractivity contribution in [2.45, 2.75) is 97.8 Å². The van der Waals surface area contributed by atoms with Gasteiger partial charge in [0, 0.05) is 6.08 Å². The fraction of sp³-hybridized carbons (Fsp3) is 0.750. The lowest BCUT2D eigenvalue weighted by Gasteiger charge is -2.03. The van der Waals surface area contributed by atoms with Crippen molar-refractivity contribution in [3.8, 4) is 0 Å². The average Bonchev–Trinajstić information content (AvgIpc) is 2.44. The molecule has 0 saturated carbocycles. The Kier molecular flexibility index (Phi) is 14.2. The highest BCUT2D eigenvalue weighted by Crippen LogP contribution is 2.14. The summed E-state index contributed by atoms with van der Waals surface area (Å²) in [6, 6.07) is 0. The predicted molar refractivity (Wildman–Crippen MR) is 96.2 cm³/mol. The highest BCUT2D eigenvalue weighted by atomic mass is 16.4. The summed E-state index contributed by atoms with van der Waals surface area (Å²) in [6.45, 7) is 6.35. The molecule has 128 valence electrons. The molecule has 0 heterocycles. The van der Waals surface area contributed by atoms with E-state index in [9.17, 15) is 4.79 Å². The Morgan fingerprint density at radius 2 is 1.36 bits per heavy atom. The Hall–Kier alpha value is -1.05. The van der Waals surface area contributed by atoms with Gasteiger partial charge in [-0.05, 0) is 39.5 Å². The van der Waals surface area contributed by atoms with Gasteiger partial charge in [0.15, 0.2) is 0 Å². The number of hydrogen-bond donors (Lipinski definition) is 1. The maximum Gasteiger partial charge on any atom is 0.328 e. The van der Waals surface area contributed by atoms with Crippen molar-refractivity contribution in [1.29, 1.82) is 0 Å². The largest absolute Gasteiger partial charge is 0.478 e. The van der Waals surface area contributed by atoms with Gasteiger partial charge in [0.05, 0.1) is 0 Å². The van der Waals surface area contributed by atoms with Gasteiger partial charge in [0.1, 0.15) is 0 Å². The third-order valence-electron chi connectivity index (χ3n) is 4.08. The van der Waals surface area contributed by atoms with E-state index in [0.29, 0.717) is 0 Å². The number of unbranched alkanes of at least 4 members (excludes halogenated alkanes) is 8. The maximum atomic E-state index is 10.5. The highest BCUT2D eigenvalue weighted by Gasteiger charge is 1.96. The molecule has 2 heteroatoms. The van der Waals surface area contributed by atoms with E-state index >= 15 is 0 Å². The first-order valence-corrected chi connectivity index (χ1v) is 9.12. The van der Waals surface area contributed by atoms with Crippen molar-refractivity contribution in [3.63, 3.8) is 0 Å². The Morgan fingerprint density at radius 1 is 0.818 bits per heavy atom. The van der Waals surface area contributed by atoms with Crippen LogP contribution in [0.2, 0.25) is 0 Å². The van der Waals surface area contributed by atoms with Crippen molar-refractivity contribution in [2.75, 3.05) is 0 Å². The van der Waals surface area contributed by atoms with Crippen molar-refractivity contribution in [1.82, 2.24) is 0 Å². The van der Waals surface area contributed by atoms with E-state index in [4.69, 9.17) is 5.11 Å². The first kappa shape index (κ1) is 20.9. The molecule has 0 amide bonds. The quantitative estimate of drug-likeness (QED) is 0.221. The minimum atomic E-state index is -0.840. The number of rotatable bonds is 14. The van der Waals surface area contributed by atoms with Crippen LogP contribution in [0.5, 0.6) is 0 Å². The molecule has 0 atom stereocenters. The molecule has 0 aliphatic heterocycles. The second kappa shape index (κ2) is 14.9. The first-order chi connectivity index (χ1) is 10.6. The van der Waals surface area contributed by atoms with E-state index in [1.807, 2.05) is 6.92 Å². The van der Waals surface area contributed by atoms with E-state index in [0.717, 1.165) is 18.4 Å². The normalized spacial score (nSPS) is 12.7. The summed E-state index contributed by atoms with van der Waals surface area (Å²) in [6.07, 6.45) is 18.9. The minimum Gasteiger partial charge on any atom is -0.478 e. The molecule has 0 fully saturated rings. The smallest absolute Gasteiger partial charge is 0.328 e. The van der Waals surface area contributed by atoms with Crippen LogP contribution >= 0.6 is 0 Å². The van der Waals surface area contributed by atoms with Crippen molar-refractivity contribution >= 4 is 5.97 Å². The molecule has 0 rings (SSSR count). The van der Waals surface area contributed by atoms with Crippen molar-refractivity contribution in [3.05, 3.63) is 23.3 Å². The zero-order chi connectivity index (χ0) is 16.6. The van der Waals surface area contributed by atoms with Crippen LogP contribution in [0.1, 0.15) is 97.8 Å². The summed E-state index contributed by atoms with van der Waals surface area (Å²) in [5.74, 6) is -0.840. The highest BCUT2D eigenvalue weighted by molar-refractivity contribution is 5.80. The maximum absolute atomic E-state index is 10.5. The molecular weight excluding hydrogens is 272 g/mol. The molecule has 2 nitrogen and oxygen atoms in total. The fourth-order valence-corrected chi connectivity index (χ4v) is 2.65. The Morgan fingerprint density at radius 3 is 1.91 bits per heavy atom. The molecule has 0 aliphatic rings. The number of carboxylic acid groups (broad SMARTS) is 1. The molecule has 22 heavy (non-hydrogen) atoms. The molecule has 0 spiro atoms. The molecule has 0 aliphatic carbocycles. The van der Waals surface area contributed by atoms with Gasteiger partial charge in [0.25, 0.3) is 0 Å². The van der Waals surface area contributed by atoms with Crippen molar-refractivity contribution in [2.24, 2.45) is 0 Å². The third-order valence-corrected chi connectivity index (χ3v) is 4.08. The number of carboxylic acids is 1. The molecule has 0 aromatic carbocycles. The summed E-state index contributed by atoms with van der Waals surface area (Å²) in [5.41, 5.74) is 2.39. The molecule has 0 aromatic rings. The lowest BCUT2D eigenvalue weighted by molar-refractivity contribution is -0.131. The SMILES string of the molecule is CCCCCCCCCCCC(C)=CCC/C(C)=C\C(=O)O. The van der Waals surface area contributed by atoms with E-state index < -0.39 is 5.97 Å². The Bertz CT molecular complexity index is 340. The van der Waals surface area contributed by atoms with Crippen LogP contribution in [0.4, 0.5) is 0 Å². The molecule has 0 unspecified atom stereocenters. The molecule has 0 aromatic heterocycles. The van der Waals surface area contributed by atoms with E-state index in [-0.39, 0.29) is 0 Å². The van der Waals surface area contributed by atoms with Gasteiger partial charge >= 0.3 is 5.97 Å². The molecule has 0 bridgehead atoms. The number of carbonyl (C=O) groups is 1. The van der Waals surface area contributed by atoms with Crippen LogP contribution in [-0.2, 0) is 4.79 Å². The lowest BCUT2D eigenvalue weighted by atomic mass is 10.0. The van der Waals surface area contributed by atoms with Crippen LogP contribution in [-0.4, -0.2) is 11.1 Å². The monoisotopic (exact) mass is 308 g/mol. The second-order valence-electron chi connectivity index (χ2n) is 6.50. The van der Waals surface area contributed by atoms with Gasteiger partial charge in [-0.25, -0.2) is 4.79 Å². The van der Waals surface area contributed by atoms with Gasteiger partial charge in [0.2, 0.25) is 0 Å². The number of aliphatic carboxylic acids is 1. The van der Waals surface area contributed by atoms with Crippen LogP contribution < -0.4 is 0 Å². The van der Waals surface area contributed by atoms with Gasteiger partial charge in [-0.15, -0.1) is 0 Å². The third kappa shape index (κ3) is 15.3. The molecule has 0 radical (unpaired) electrons. The average molecular weight is 309 g/mol. The second-order valence-corrected chi connectivity index (χ2v) is 6.50. The summed E-state index contributed by atoms with van der Waals surface area (Å²) in [4.78, 5) is 10.5. The van der Waals surface area contributed by atoms with Crippen molar-refractivity contribution < 1.29 is 9.90 Å². The standard InChI is InChI=1S/C20H36O2/c1-4-5-6-7-8-9-10-11-12-14-18(2)15-13-16-19(3)17-20(21)22/h15,17H,4-14,16H2,1-3H3,(H,21,22)/b18-15?,19-17-. The number of hydrogen-bond acceptors (Lipinski definition) is 1. The molecule has 0 saturated heterocycles. The predicted octanol–water partition coefficient (Wildman–Crippen LogP) is 6.66. The minimum absolute atomic E-state index is 0.840. The first-order valence-electron chi connectivity index (χ1n) is 9.12. The summed E-state index contributed by atoms with van der Waals surface area (Å²) < 4.78 is 0. The Labute approximate surface area is 137 Å². The zero-order valence-electron chi connectivity index (χ0n) is 15.0. The van der Waals surface area contributed by atoms with E-state index in [1.165, 1.54) is 75.9 Å². The summed E-state index contributed by atoms with van der Waals surface area (Å²) in [7, 11) is 0. The fourth-order valence-electron chi connectivity index (χ4n) is 2.65. The van der Waals surface area contributed by atoms with Crippen LogP contribution in [0.3, 0.4) is 0 Å².